The van der Waals surface area contributed by atoms with Crippen molar-refractivity contribution in [1.29, 1.82) is 0 Å². The van der Waals surface area contributed by atoms with Crippen LogP contribution in [0.5, 0.6) is 0 Å². The average Bonchev–Trinajstić information content (AvgIpc) is 2.69. The van der Waals surface area contributed by atoms with E-state index >= 15 is 0 Å². The summed E-state index contributed by atoms with van der Waals surface area (Å²) in [6.07, 6.45) is 5.94. The molecule has 0 spiro atoms. The van der Waals surface area contributed by atoms with E-state index in [1.165, 1.54) is 12.8 Å². The van der Waals surface area contributed by atoms with E-state index in [2.05, 4.69) is 13.8 Å². The molecule has 0 aromatic rings. The van der Waals surface area contributed by atoms with E-state index in [0.717, 1.165) is 25.7 Å². The van der Waals surface area contributed by atoms with Gasteiger partial charge in [0.25, 0.3) is 0 Å². The zero-order valence-electron chi connectivity index (χ0n) is 11.2. The SMILES string of the molecule is CCCC(=O)CC1C2OC3OC(CCC)(CC31)[Se]2. The van der Waals surface area contributed by atoms with Gasteiger partial charge in [-0.1, -0.05) is 0 Å². The van der Waals surface area contributed by atoms with Gasteiger partial charge in [-0.15, -0.1) is 0 Å². The number of carbonyl (C=O) groups is 1. The predicted molar refractivity (Wildman–Crippen MR) is 69.3 cm³/mol. The van der Waals surface area contributed by atoms with Gasteiger partial charge in [-0.3, -0.25) is 0 Å². The fraction of sp³-hybridized carbons (Fsp3) is 0.929. The van der Waals surface area contributed by atoms with E-state index in [-0.39, 0.29) is 10.8 Å². The van der Waals surface area contributed by atoms with Gasteiger partial charge in [0, 0.05) is 0 Å². The maximum absolute atomic E-state index is 11.9. The Kier molecular flexibility index (Phi) is 3.57. The van der Waals surface area contributed by atoms with Crippen molar-refractivity contribution in [2.24, 2.45) is 11.8 Å². The summed E-state index contributed by atoms with van der Waals surface area (Å²) < 4.78 is 12.3. The molecule has 0 aliphatic carbocycles. The summed E-state index contributed by atoms with van der Waals surface area (Å²) in [5, 5.41) is 0.349. The number of ketones is 1. The topological polar surface area (TPSA) is 35.5 Å². The number of hydrogen-bond donors (Lipinski definition) is 0. The Hall–Kier alpha value is 0.109. The van der Waals surface area contributed by atoms with Gasteiger partial charge < -0.3 is 0 Å². The first-order valence-corrected chi connectivity index (χ1v) is 9.05. The summed E-state index contributed by atoms with van der Waals surface area (Å²) in [7, 11) is 0. The second kappa shape index (κ2) is 4.90. The van der Waals surface area contributed by atoms with E-state index in [1.807, 2.05) is 0 Å². The van der Waals surface area contributed by atoms with E-state index < -0.39 is 0 Å². The molecule has 0 amide bonds. The Labute approximate surface area is 115 Å². The standard InChI is InChI=1S/C14H22O3Se/c1-3-5-9(15)7-10-11-8-14(6-4-2)17-12(11)16-13(10)18-14/h10-13H,3-8H2,1-2H3. The fourth-order valence-corrected chi connectivity index (χ4v) is 7.44. The van der Waals surface area contributed by atoms with E-state index in [1.54, 1.807) is 0 Å². The van der Waals surface area contributed by atoms with Crippen LogP contribution in [0.1, 0.15) is 52.4 Å². The molecule has 4 rings (SSSR count). The molecule has 5 atom stereocenters. The molecule has 4 fully saturated rings. The number of carbonyl (C=O) groups excluding carboxylic acids is 1. The van der Waals surface area contributed by atoms with Crippen molar-refractivity contribution in [3.05, 3.63) is 0 Å². The summed E-state index contributed by atoms with van der Waals surface area (Å²) in [6.45, 7) is 4.30. The molecule has 18 heavy (non-hydrogen) atoms. The Morgan fingerprint density at radius 2 is 2.22 bits per heavy atom. The third-order valence-electron chi connectivity index (χ3n) is 4.35. The first kappa shape index (κ1) is 13.1. The maximum atomic E-state index is 11.9. The Morgan fingerprint density at radius 3 is 2.89 bits per heavy atom. The van der Waals surface area contributed by atoms with Gasteiger partial charge in [0.2, 0.25) is 0 Å². The second-order valence-corrected chi connectivity index (χ2v) is 8.82. The van der Waals surface area contributed by atoms with Crippen molar-refractivity contribution in [1.82, 2.24) is 0 Å². The van der Waals surface area contributed by atoms with E-state index in [4.69, 9.17) is 9.47 Å². The summed E-state index contributed by atoms with van der Waals surface area (Å²) in [5.41, 5.74) is 0. The van der Waals surface area contributed by atoms with Gasteiger partial charge in [0.1, 0.15) is 0 Å². The molecule has 0 N–H and O–H groups in total. The van der Waals surface area contributed by atoms with Gasteiger partial charge >= 0.3 is 115 Å². The van der Waals surface area contributed by atoms with Crippen molar-refractivity contribution in [2.45, 2.75) is 68.2 Å². The van der Waals surface area contributed by atoms with Crippen LogP contribution in [-0.2, 0) is 14.3 Å². The molecular weight excluding hydrogens is 295 g/mol. The van der Waals surface area contributed by atoms with Crippen LogP contribution in [0.2, 0.25) is 0 Å². The molecule has 0 aromatic heterocycles. The molecule has 3 nitrogen and oxygen atoms in total. The van der Waals surface area contributed by atoms with Gasteiger partial charge in [-0.05, 0) is 0 Å². The third kappa shape index (κ3) is 2.07. The first-order valence-electron chi connectivity index (χ1n) is 7.20. The first-order chi connectivity index (χ1) is 8.67. The molecule has 4 aliphatic rings. The quantitative estimate of drug-likeness (QED) is 0.705. The molecule has 4 saturated heterocycles. The van der Waals surface area contributed by atoms with Crippen LogP contribution >= 0.6 is 0 Å². The number of rotatable bonds is 6. The normalized spacial score (nSPS) is 44.8. The Balaban J connectivity index is 1.67. The van der Waals surface area contributed by atoms with Crippen LogP contribution in [0.4, 0.5) is 0 Å². The van der Waals surface area contributed by atoms with Crippen LogP contribution < -0.4 is 0 Å². The minimum absolute atomic E-state index is 0.0107. The number of hydrogen-bond acceptors (Lipinski definition) is 3. The molecule has 0 radical (unpaired) electrons. The Bertz CT molecular complexity index is 342. The van der Waals surface area contributed by atoms with E-state index in [0.29, 0.717) is 37.6 Å². The van der Waals surface area contributed by atoms with Crippen LogP contribution in [0, 0.1) is 11.8 Å². The summed E-state index contributed by atoms with van der Waals surface area (Å²) in [6, 6.07) is 0. The van der Waals surface area contributed by atoms with Crippen LogP contribution in [0.25, 0.3) is 0 Å². The average molecular weight is 317 g/mol. The minimum atomic E-state index is 0.0107. The molecule has 4 heterocycles. The molecule has 0 saturated carbocycles. The number of Topliss-reactive ketones (excluding diaryl/α,β-unsaturated/α-hetero) is 1. The van der Waals surface area contributed by atoms with Gasteiger partial charge in [-0.25, -0.2) is 0 Å². The summed E-state index contributed by atoms with van der Waals surface area (Å²) >= 11 is 0.393. The summed E-state index contributed by atoms with van der Waals surface area (Å²) in [4.78, 5) is 11.9. The molecular formula is C14H22O3Se. The van der Waals surface area contributed by atoms with Gasteiger partial charge in [0.15, 0.2) is 0 Å². The molecule has 4 bridgehead atoms. The molecule has 102 valence electrons. The third-order valence-corrected chi connectivity index (χ3v) is 7.68. The molecule has 4 heteroatoms. The number of ether oxygens (including phenoxy) is 2. The molecule has 4 aliphatic heterocycles. The van der Waals surface area contributed by atoms with Gasteiger partial charge in [0.05, 0.1) is 0 Å². The van der Waals surface area contributed by atoms with Crippen molar-refractivity contribution in [2.75, 3.05) is 0 Å². The van der Waals surface area contributed by atoms with Crippen molar-refractivity contribution in [3.8, 4) is 0 Å². The second-order valence-electron chi connectivity index (χ2n) is 5.79. The Morgan fingerprint density at radius 1 is 1.39 bits per heavy atom. The van der Waals surface area contributed by atoms with Crippen LogP contribution in [0.15, 0.2) is 0 Å². The van der Waals surface area contributed by atoms with E-state index in [9.17, 15) is 4.79 Å². The zero-order chi connectivity index (χ0) is 12.8. The van der Waals surface area contributed by atoms with Crippen LogP contribution in [-0.4, -0.2) is 36.5 Å². The van der Waals surface area contributed by atoms with Crippen molar-refractivity contribution < 1.29 is 14.3 Å². The summed E-state index contributed by atoms with van der Waals surface area (Å²) in [5.74, 6) is 1.38. The van der Waals surface area contributed by atoms with Crippen molar-refractivity contribution in [3.63, 3.8) is 0 Å². The molecule has 5 unspecified atom stereocenters. The van der Waals surface area contributed by atoms with Crippen molar-refractivity contribution >= 4 is 20.7 Å². The van der Waals surface area contributed by atoms with Crippen LogP contribution in [0.3, 0.4) is 0 Å². The fourth-order valence-electron chi connectivity index (χ4n) is 3.61. The molecule has 0 aromatic carbocycles. The zero-order valence-corrected chi connectivity index (χ0v) is 12.9. The monoisotopic (exact) mass is 318 g/mol. The predicted octanol–water partition coefficient (Wildman–Crippen LogP) is 2.29. The van der Waals surface area contributed by atoms with Gasteiger partial charge in [-0.2, -0.15) is 0 Å².